The van der Waals surface area contributed by atoms with E-state index in [1.165, 1.54) is 0 Å². The van der Waals surface area contributed by atoms with Crippen LogP contribution in [0.3, 0.4) is 0 Å². The fourth-order valence-electron chi connectivity index (χ4n) is 4.35. The van der Waals surface area contributed by atoms with E-state index in [4.69, 9.17) is 16.4 Å². The highest BCUT2D eigenvalue weighted by Gasteiger charge is 2.52. The number of nitrogens with zero attached hydrogens (tertiary/aromatic N) is 1. The Morgan fingerprint density at radius 3 is 2.68 bits per heavy atom. The van der Waals surface area contributed by atoms with Crippen LogP contribution >= 0.6 is 0 Å². The number of aliphatic hydroxyl groups excluding tert-OH is 1. The number of ether oxygens (including phenoxy) is 2. The Balaban J connectivity index is 1.67. The highest BCUT2D eigenvalue weighted by molar-refractivity contribution is 5.95. The molecule has 2 aromatic carbocycles. The van der Waals surface area contributed by atoms with Crippen molar-refractivity contribution in [1.29, 1.82) is 0 Å². The second-order valence-corrected chi connectivity index (χ2v) is 9.16. The lowest BCUT2D eigenvalue weighted by atomic mass is 9.86. The van der Waals surface area contributed by atoms with Crippen molar-refractivity contribution in [1.82, 2.24) is 4.57 Å². The number of halogens is 3. The molecule has 0 amide bonds. The standard InChI is InChI=1S/C28H30F3NO5/c1-4-26(2,3)24-10-17-9-16(20(29)13-21(17)32(24)14-19(34)15-33)11-25(35)27(7-8-27)18-5-6-22-23(12-18)37-28(30,31)36-22/h5-6,9-10,12-13,19,33-34H,4,7-8,11,14-15H2,1-3H3/t19-/m1/s1/i2D3,4D2,5D,6D,12D,14D2,15D2/t19-,26?. The van der Waals surface area contributed by atoms with Crippen LogP contribution in [-0.2, 0) is 28.5 Å². The molecule has 0 bridgehead atoms. The number of aromatic nitrogens is 1. The van der Waals surface area contributed by atoms with Crippen molar-refractivity contribution in [3.63, 3.8) is 0 Å². The van der Waals surface area contributed by atoms with Gasteiger partial charge in [0, 0.05) is 29.8 Å². The summed E-state index contributed by atoms with van der Waals surface area (Å²) in [6.07, 6.45) is -10.5. The van der Waals surface area contributed by atoms with Gasteiger partial charge in [-0.25, -0.2) is 4.39 Å². The number of carbonyl (C=O) groups is 1. The Labute approximate surface area is 229 Å². The molecule has 0 saturated heterocycles. The Morgan fingerprint density at radius 1 is 1.30 bits per heavy atom. The number of Topliss-reactive ketones (excluding diaryl/α,β-unsaturated/α-hetero) is 1. The van der Waals surface area contributed by atoms with Gasteiger partial charge in [0.05, 0.1) is 39.7 Å². The molecule has 0 spiro atoms. The Kier molecular flexibility index (Phi) is 3.50. The van der Waals surface area contributed by atoms with Gasteiger partial charge < -0.3 is 24.3 Å². The topological polar surface area (TPSA) is 80.9 Å². The van der Waals surface area contributed by atoms with E-state index in [1.54, 1.807) is 0 Å². The summed E-state index contributed by atoms with van der Waals surface area (Å²) in [5.41, 5.74) is -6.17. The SMILES string of the molecule is [2H]c1c([2H])c(C2(C(=O)Cc3cc4cc(C(C)(C([2H])([2H])[2H])C([2H])([2H])C)n(C([2H])([2H])[C@@H](O)C([2H])([2H])O)c4cc3F)CC2)c([2H])c2c1OC(F)(F)O2. The predicted octanol–water partition coefficient (Wildman–Crippen LogP) is 4.99. The van der Waals surface area contributed by atoms with Gasteiger partial charge in [-0.15, -0.1) is 8.78 Å². The zero-order chi connectivity index (χ0) is 37.2. The van der Waals surface area contributed by atoms with E-state index in [9.17, 15) is 23.8 Å². The number of rotatable bonds is 9. The average molecular weight is 530 g/mol. The molecule has 6 nitrogen and oxygen atoms in total. The molecule has 37 heavy (non-hydrogen) atoms. The number of benzene rings is 2. The molecule has 1 aromatic heterocycles. The van der Waals surface area contributed by atoms with Gasteiger partial charge in [0.15, 0.2) is 11.5 Å². The predicted molar refractivity (Wildman–Crippen MR) is 131 cm³/mol. The molecule has 1 aliphatic heterocycles. The first-order valence-electron chi connectivity index (χ1n) is 17.2. The number of ketones is 1. The minimum Gasteiger partial charge on any atom is -0.395 e. The van der Waals surface area contributed by atoms with Gasteiger partial charge in [0.2, 0.25) is 0 Å². The summed E-state index contributed by atoms with van der Waals surface area (Å²) in [5, 5.41) is 20.2. The molecule has 2 atom stereocenters. The van der Waals surface area contributed by atoms with Crippen LogP contribution in [0, 0.1) is 5.82 Å². The molecule has 1 aliphatic carbocycles. The van der Waals surface area contributed by atoms with Crippen LogP contribution in [0.2, 0.25) is 0 Å². The normalized spacial score (nSPS) is 25.8. The minimum atomic E-state index is -4.22. The van der Waals surface area contributed by atoms with E-state index in [-0.39, 0.29) is 23.8 Å². The number of carbonyl (C=O) groups excluding carboxylic acids is 1. The van der Waals surface area contributed by atoms with Gasteiger partial charge >= 0.3 is 6.29 Å². The van der Waals surface area contributed by atoms with E-state index >= 15 is 4.39 Å². The second kappa shape index (κ2) is 8.77. The highest BCUT2D eigenvalue weighted by atomic mass is 19.3. The second-order valence-electron chi connectivity index (χ2n) is 9.16. The van der Waals surface area contributed by atoms with Crippen LogP contribution in [0.1, 0.15) is 73.2 Å². The van der Waals surface area contributed by atoms with E-state index in [1.807, 2.05) is 0 Å². The quantitative estimate of drug-likeness (QED) is 0.409. The number of hydrogen-bond acceptors (Lipinski definition) is 5. The summed E-state index contributed by atoms with van der Waals surface area (Å²) in [4.78, 5) is 13.8. The molecular weight excluding hydrogens is 487 g/mol. The van der Waals surface area contributed by atoms with Crippen molar-refractivity contribution < 1.29 is 54.1 Å². The van der Waals surface area contributed by atoms with Crippen LogP contribution in [0.4, 0.5) is 13.2 Å². The molecule has 1 unspecified atom stereocenters. The smallest absolute Gasteiger partial charge is 0.395 e. The summed E-state index contributed by atoms with van der Waals surface area (Å²) in [5.74, 6) is -3.64. The van der Waals surface area contributed by atoms with Crippen molar-refractivity contribution in [2.24, 2.45) is 0 Å². The maximum atomic E-state index is 15.9. The fraction of sp³-hybridized carbons (Fsp3) is 0.464. The van der Waals surface area contributed by atoms with Crippen LogP contribution in [0.25, 0.3) is 10.9 Å². The molecular formula is C28H30F3NO5. The molecule has 198 valence electrons. The van der Waals surface area contributed by atoms with E-state index in [0.717, 1.165) is 26.0 Å². The van der Waals surface area contributed by atoms with Crippen molar-refractivity contribution >= 4 is 16.7 Å². The molecule has 2 N–H and O–H groups in total. The van der Waals surface area contributed by atoms with E-state index < -0.39 is 114 Å². The van der Waals surface area contributed by atoms with Gasteiger partial charge in [0.1, 0.15) is 11.6 Å². The lowest BCUT2D eigenvalue weighted by Crippen LogP contribution is -2.26. The third-order valence-electron chi connectivity index (χ3n) is 6.66. The van der Waals surface area contributed by atoms with Gasteiger partial charge in [-0.2, -0.15) is 0 Å². The fourth-order valence-corrected chi connectivity index (χ4v) is 4.35. The monoisotopic (exact) mass is 529 g/mol. The van der Waals surface area contributed by atoms with Gasteiger partial charge in [-0.1, -0.05) is 26.7 Å². The van der Waals surface area contributed by atoms with Crippen molar-refractivity contribution in [3.8, 4) is 11.5 Å². The highest BCUT2D eigenvalue weighted by Crippen LogP contribution is 2.52. The zero-order valence-electron chi connectivity index (χ0n) is 31.6. The molecule has 3 aromatic rings. The first-order chi connectivity index (χ1) is 22.0. The number of alkyl halides is 2. The molecule has 1 fully saturated rings. The molecule has 5 rings (SSSR count). The maximum Gasteiger partial charge on any atom is 0.586 e. The molecule has 0 radical (unpaired) electrons. The van der Waals surface area contributed by atoms with Crippen LogP contribution in [0.5, 0.6) is 11.5 Å². The van der Waals surface area contributed by atoms with Crippen LogP contribution in [0.15, 0.2) is 36.3 Å². The van der Waals surface area contributed by atoms with Gasteiger partial charge in [-0.05, 0) is 60.6 Å². The lowest BCUT2D eigenvalue weighted by Gasteiger charge is -2.26. The number of fused-ring (bicyclic) bond motifs is 2. The average Bonchev–Trinajstić information content (AvgIpc) is 3.54. The summed E-state index contributed by atoms with van der Waals surface area (Å²) < 4.78 is 151. The van der Waals surface area contributed by atoms with Crippen LogP contribution < -0.4 is 9.47 Å². The first-order valence-corrected chi connectivity index (χ1v) is 11.2. The third-order valence-corrected chi connectivity index (χ3v) is 6.66. The summed E-state index contributed by atoms with van der Waals surface area (Å²) in [7, 11) is 0. The number of hydrogen-bond donors (Lipinski definition) is 2. The van der Waals surface area contributed by atoms with Gasteiger partial charge in [0.25, 0.3) is 0 Å². The summed E-state index contributed by atoms with van der Waals surface area (Å²) >= 11 is 0. The molecule has 2 heterocycles. The Hall–Kier alpha value is -3.04. The largest absolute Gasteiger partial charge is 0.586 e. The lowest BCUT2D eigenvalue weighted by molar-refractivity contribution is -0.286. The molecule has 1 saturated carbocycles. The minimum absolute atomic E-state index is 0.00717. The maximum absolute atomic E-state index is 15.9. The first kappa shape index (κ1) is 14.8. The van der Waals surface area contributed by atoms with E-state index in [0.29, 0.717) is 10.6 Å². The van der Waals surface area contributed by atoms with Crippen LogP contribution in [-0.4, -0.2) is 39.5 Å². The summed E-state index contributed by atoms with van der Waals surface area (Å²) in [6.45, 7) is -8.41. The third kappa shape index (κ3) is 4.48. The Morgan fingerprint density at radius 2 is 2.03 bits per heavy atom. The van der Waals surface area contributed by atoms with Crippen molar-refractivity contribution in [2.45, 2.75) is 76.1 Å². The van der Waals surface area contributed by atoms with Gasteiger partial charge in [-0.3, -0.25) is 4.79 Å². The van der Waals surface area contributed by atoms with Crippen molar-refractivity contribution in [2.75, 3.05) is 6.56 Å². The zero-order valence-corrected chi connectivity index (χ0v) is 19.6. The molecule has 2 aliphatic rings. The van der Waals surface area contributed by atoms with E-state index in [2.05, 4.69) is 9.47 Å². The summed E-state index contributed by atoms with van der Waals surface area (Å²) in [6, 6.07) is 0.319. The molecule has 9 heteroatoms. The number of aliphatic hydroxyl groups is 2. The van der Waals surface area contributed by atoms with Crippen molar-refractivity contribution in [3.05, 3.63) is 59.0 Å². The Bertz CT molecular complexity index is 1870.